The average Bonchev–Trinajstić information content (AvgIpc) is 3.10. The van der Waals surface area contributed by atoms with Crippen LogP contribution in [0.1, 0.15) is 79.9 Å². The molecular formula is C15H23N3O. The Hall–Kier alpha value is -1.32. The van der Waals surface area contributed by atoms with Crippen LogP contribution in [-0.4, -0.2) is 22.1 Å². The van der Waals surface area contributed by atoms with Crippen molar-refractivity contribution < 1.29 is 4.79 Å². The van der Waals surface area contributed by atoms with E-state index in [1.165, 1.54) is 44.9 Å². The molecule has 0 atom stereocenters. The lowest BCUT2D eigenvalue weighted by molar-refractivity contribution is 0.0925. The maximum Gasteiger partial charge on any atom is 0.271 e. The van der Waals surface area contributed by atoms with Crippen molar-refractivity contribution in [3.63, 3.8) is 0 Å². The van der Waals surface area contributed by atoms with Gasteiger partial charge >= 0.3 is 0 Å². The molecule has 1 aromatic rings. The fraction of sp³-hybridized carbons (Fsp3) is 0.733. The first-order valence-electron chi connectivity index (χ1n) is 7.69. The summed E-state index contributed by atoms with van der Waals surface area (Å²) in [6, 6.07) is 2.27. The zero-order valence-electron chi connectivity index (χ0n) is 11.5. The zero-order chi connectivity index (χ0) is 13.1. The third kappa shape index (κ3) is 3.37. The van der Waals surface area contributed by atoms with E-state index in [0.717, 1.165) is 18.5 Å². The van der Waals surface area contributed by atoms with E-state index < -0.39 is 0 Å². The second-order valence-electron chi connectivity index (χ2n) is 6.00. The Kier molecular flexibility index (Phi) is 3.85. The molecule has 104 valence electrons. The van der Waals surface area contributed by atoms with Gasteiger partial charge in [-0.2, -0.15) is 5.10 Å². The number of aromatic amines is 1. The van der Waals surface area contributed by atoms with Crippen molar-refractivity contribution in [2.45, 2.75) is 69.7 Å². The van der Waals surface area contributed by atoms with Gasteiger partial charge in [0.2, 0.25) is 0 Å². The van der Waals surface area contributed by atoms with Gasteiger partial charge in [0.15, 0.2) is 0 Å². The van der Waals surface area contributed by atoms with Crippen LogP contribution in [0.15, 0.2) is 6.07 Å². The molecule has 3 rings (SSSR count). The number of carbonyl (C=O) groups is 1. The van der Waals surface area contributed by atoms with Crippen LogP contribution in [0.3, 0.4) is 0 Å². The van der Waals surface area contributed by atoms with E-state index in [0.29, 0.717) is 17.7 Å². The quantitative estimate of drug-likeness (QED) is 0.878. The van der Waals surface area contributed by atoms with Gasteiger partial charge in [0.1, 0.15) is 5.69 Å². The number of aromatic nitrogens is 2. The molecule has 2 aliphatic carbocycles. The van der Waals surface area contributed by atoms with Crippen molar-refractivity contribution in [3.8, 4) is 0 Å². The van der Waals surface area contributed by atoms with Gasteiger partial charge in [0.05, 0.1) is 0 Å². The summed E-state index contributed by atoms with van der Waals surface area (Å²) in [5, 5.41) is 10.3. The van der Waals surface area contributed by atoms with Gasteiger partial charge in [-0.3, -0.25) is 9.89 Å². The Bertz CT molecular complexity index is 428. The molecule has 1 heterocycles. The number of hydrogen-bond acceptors (Lipinski definition) is 2. The molecule has 19 heavy (non-hydrogen) atoms. The molecule has 2 fully saturated rings. The van der Waals surface area contributed by atoms with Crippen LogP contribution in [0.4, 0.5) is 0 Å². The van der Waals surface area contributed by atoms with Crippen LogP contribution in [0, 0.1) is 0 Å². The lowest BCUT2D eigenvalue weighted by Gasteiger charge is -2.20. The number of nitrogens with one attached hydrogen (secondary N) is 2. The second-order valence-corrected chi connectivity index (χ2v) is 6.00. The van der Waals surface area contributed by atoms with Gasteiger partial charge in [-0.05, 0) is 31.7 Å². The van der Waals surface area contributed by atoms with Crippen LogP contribution in [-0.2, 0) is 0 Å². The van der Waals surface area contributed by atoms with Crippen molar-refractivity contribution >= 4 is 5.91 Å². The number of amides is 1. The Morgan fingerprint density at radius 3 is 2.47 bits per heavy atom. The topological polar surface area (TPSA) is 57.8 Å². The van der Waals surface area contributed by atoms with E-state index in [9.17, 15) is 4.79 Å². The van der Waals surface area contributed by atoms with Gasteiger partial charge in [0.25, 0.3) is 5.91 Å². The summed E-state index contributed by atoms with van der Waals surface area (Å²) in [6.07, 6.45) is 11.1. The Balaban J connectivity index is 1.56. The minimum atomic E-state index is -0.00581. The predicted octanol–water partition coefficient (Wildman–Crippen LogP) is 3.13. The van der Waals surface area contributed by atoms with Crippen molar-refractivity contribution in [1.29, 1.82) is 0 Å². The minimum absolute atomic E-state index is 0.00581. The van der Waals surface area contributed by atoms with E-state index in [4.69, 9.17) is 0 Å². The lowest BCUT2D eigenvalue weighted by atomic mass is 9.96. The van der Waals surface area contributed by atoms with E-state index >= 15 is 0 Å². The lowest BCUT2D eigenvalue weighted by Crippen LogP contribution is -2.35. The zero-order valence-corrected chi connectivity index (χ0v) is 11.5. The van der Waals surface area contributed by atoms with Crippen LogP contribution in [0.5, 0.6) is 0 Å². The molecule has 0 saturated heterocycles. The molecule has 0 unspecified atom stereocenters. The summed E-state index contributed by atoms with van der Waals surface area (Å²) in [7, 11) is 0. The highest BCUT2D eigenvalue weighted by Crippen LogP contribution is 2.38. The molecule has 1 amide bonds. The Labute approximate surface area is 114 Å². The SMILES string of the molecule is O=C(NC1CCCCCCC1)c1cc(C2CC2)[nH]n1. The van der Waals surface area contributed by atoms with Gasteiger partial charge in [-0.1, -0.05) is 32.1 Å². The van der Waals surface area contributed by atoms with Crippen molar-refractivity contribution in [3.05, 3.63) is 17.5 Å². The Morgan fingerprint density at radius 1 is 1.11 bits per heavy atom. The van der Waals surface area contributed by atoms with Crippen LogP contribution < -0.4 is 5.32 Å². The van der Waals surface area contributed by atoms with Crippen molar-refractivity contribution in [2.24, 2.45) is 0 Å². The van der Waals surface area contributed by atoms with Gasteiger partial charge in [-0.15, -0.1) is 0 Å². The molecule has 0 spiro atoms. The van der Waals surface area contributed by atoms with Crippen molar-refractivity contribution in [2.75, 3.05) is 0 Å². The van der Waals surface area contributed by atoms with Gasteiger partial charge < -0.3 is 5.32 Å². The average molecular weight is 261 g/mol. The van der Waals surface area contributed by atoms with E-state index in [1.807, 2.05) is 6.07 Å². The van der Waals surface area contributed by atoms with Crippen LogP contribution >= 0.6 is 0 Å². The van der Waals surface area contributed by atoms with Crippen LogP contribution in [0.25, 0.3) is 0 Å². The summed E-state index contributed by atoms with van der Waals surface area (Å²) < 4.78 is 0. The molecule has 2 N–H and O–H groups in total. The number of H-pyrrole nitrogens is 1. The van der Waals surface area contributed by atoms with Crippen LogP contribution in [0.2, 0.25) is 0 Å². The number of hydrogen-bond donors (Lipinski definition) is 2. The first kappa shape index (κ1) is 12.7. The first-order chi connectivity index (χ1) is 9.33. The fourth-order valence-corrected chi connectivity index (χ4v) is 2.92. The standard InChI is InChI=1S/C15H23N3O/c19-15(14-10-13(17-18-14)11-8-9-11)16-12-6-4-2-1-3-5-7-12/h10-12H,1-9H2,(H,16,19)(H,17,18). The Morgan fingerprint density at radius 2 is 1.79 bits per heavy atom. The number of nitrogens with zero attached hydrogens (tertiary/aromatic N) is 1. The highest BCUT2D eigenvalue weighted by Gasteiger charge is 2.26. The van der Waals surface area contributed by atoms with E-state index in [2.05, 4.69) is 15.5 Å². The molecule has 0 aromatic carbocycles. The molecule has 4 heteroatoms. The summed E-state index contributed by atoms with van der Waals surface area (Å²) in [5.41, 5.74) is 1.69. The monoisotopic (exact) mass is 261 g/mol. The fourth-order valence-electron chi connectivity index (χ4n) is 2.92. The maximum absolute atomic E-state index is 12.2. The summed E-state index contributed by atoms with van der Waals surface area (Å²) in [6.45, 7) is 0. The summed E-state index contributed by atoms with van der Waals surface area (Å²) >= 11 is 0. The molecule has 0 bridgehead atoms. The van der Waals surface area contributed by atoms with Crippen molar-refractivity contribution in [1.82, 2.24) is 15.5 Å². The van der Waals surface area contributed by atoms with Gasteiger partial charge in [0, 0.05) is 17.7 Å². The highest BCUT2D eigenvalue weighted by atomic mass is 16.2. The largest absolute Gasteiger partial charge is 0.348 e. The molecular weight excluding hydrogens is 238 g/mol. The number of carbonyl (C=O) groups excluding carboxylic acids is 1. The molecule has 2 aliphatic rings. The molecule has 0 aliphatic heterocycles. The summed E-state index contributed by atoms with van der Waals surface area (Å²) in [5.74, 6) is 0.615. The minimum Gasteiger partial charge on any atom is -0.348 e. The predicted molar refractivity (Wildman–Crippen MR) is 74.1 cm³/mol. The third-order valence-corrected chi connectivity index (χ3v) is 4.29. The molecule has 0 radical (unpaired) electrons. The molecule has 4 nitrogen and oxygen atoms in total. The maximum atomic E-state index is 12.2. The van der Waals surface area contributed by atoms with Gasteiger partial charge in [-0.25, -0.2) is 0 Å². The smallest absolute Gasteiger partial charge is 0.271 e. The van der Waals surface area contributed by atoms with E-state index in [-0.39, 0.29) is 5.91 Å². The normalized spacial score (nSPS) is 21.7. The number of rotatable bonds is 3. The second kappa shape index (κ2) is 5.76. The first-order valence-corrected chi connectivity index (χ1v) is 7.69. The molecule has 2 saturated carbocycles. The third-order valence-electron chi connectivity index (χ3n) is 4.29. The van der Waals surface area contributed by atoms with E-state index in [1.54, 1.807) is 0 Å². The molecule has 1 aromatic heterocycles. The highest BCUT2D eigenvalue weighted by molar-refractivity contribution is 5.92. The summed E-state index contributed by atoms with van der Waals surface area (Å²) in [4.78, 5) is 12.2.